The van der Waals surface area contributed by atoms with Crippen LogP contribution in [0.15, 0.2) is 59.2 Å². The van der Waals surface area contributed by atoms with Crippen LogP contribution in [0.25, 0.3) is 10.9 Å². The Morgan fingerprint density at radius 3 is 2.49 bits per heavy atom. The van der Waals surface area contributed by atoms with Crippen LogP contribution in [-0.4, -0.2) is 36.0 Å². The number of nitrogens with zero attached hydrogens (tertiary/aromatic N) is 2. The van der Waals surface area contributed by atoms with Gasteiger partial charge in [0.1, 0.15) is 11.5 Å². The number of fused-ring (bicyclic) bond motifs is 1. The number of ketones is 1. The van der Waals surface area contributed by atoms with E-state index in [0.29, 0.717) is 47.1 Å². The van der Waals surface area contributed by atoms with Crippen LogP contribution in [-0.2, 0) is 16.0 Å². The fourth-order valence-corrected chi connectivity index (χ4v) is 4.48. The number of carbonyl (C=O) groups is 2. The van der Waals surface area contributed by atoms with Crippen LogP contribution in [0, 0.1) is 5.41 Å². The van der Waals surface area contributed by atoms with E-state index in [4.69, 9.17) is 16.3 Å². The summed E-state index contributed by atoms with van der Waals surface area (Å²) in [4.78, 5) is 33.4. The van der Waals surface area contributed by atoms with E-state index in [1.165, 1.54) is 6.92 Å². The Labute approximate surface area is 222 Å². The second kappa shape index (κ2) is 10.7. The number of aromatic nitrogens is 1. The minimum atomic E-state index is -0.198. The Morgan fingerprint density at radius 1 is 1.05 bits per heavy atom. The average molecular weight is 519 g/mol. The van der Waals surface area contributed by atoms with E-state index < -0.39 is 0 Å². The van der Waals surface area contributed by atoms with Crippen molar-refractivity contribution in [2.45, 2.75) is 40.5 Å². The molecule has 3 aromatic rings. The minimum Gasteiger partial charge on any atom is -0.494 e. The summed E-state index contributed by atoms with van der Waals surface area (Å²) >= 11 is 6.61. The molecule has 8 heteroatoms. The van der Waals surface area contributed by atoms with Gasteiger partial charge in [-0.2, -0.15) is 0 Å². The van der Waals surface area contributed by atoms with Crippen LogP contribution in [0.3, 0.4) is 0 Å². The number of anilines is 3. The molecule has 7 nitrogen and oxygen atoms in total. The summed E-state index contributed by atoms with van der Waals surface area (Å²) < 4.78 is 5.40. The Balaban J connectivity index is 1.49. The van der Waals surface area contributed by atoms with Gasteiger partial charge in [-0.3, -0.25) is 19.6 Å². The molecule has 2 aromatic carbocycles. The Bertz CT molecular complexity index is 1440. The predicted molar refractivity (Wildman–Crippen MR) is 151 cm³/mol. The highest BCUT2D eigenvalue weighted by atomic mass is 35.5. The van der Waals surface area contributed by atoms with Crippen LogP contribution >= 0.6 is 11.6 Å². The van der Waals surface area contributed by atoms with Crippen LogP contribution in [0.5, 0.6) is 5.75 Å². The van der Waals surface area contributed by atoms with Gasteiger partial charge < -0.3 is 15.4 Å². The monoisotopic (exact) mass is 518 g/mol. The third-order valence-electron chi connectivity index (χ3n) is 6.06. The molecule has 0 atom stereocenters. The molecule has 1 amide bonds. The molecule has 2 N–H and O–H groups in total. The van der Waals surface area contributed by atoms with Crippen LogP contribution in [0.4, 0.5) is 17.1 Å². The van der Waals surface area contributed by atoms with Crippen LogP contribution in [0.2, 0.25) is 5.02 Å². The number of halogens is 1. The number of benzene rings is 2. The fraction of sp³-hybridized carbons (Fsp3) is 0.310. The lowest BCUT2D eigenvalue weighted by Gasteiger charge is -2.16. The van der Waals surface area contributed by atoms with Crippen molar-refractivity contribution in [3.05, 3.63) is 64.8 Å². The summed E-state index contributed by atoms with van der Waals surface area (Å²) in [6.07, 6.45) is 4.45. The number of hydrogen-bond donors (Lipinski definition) is 2. The first kappa shape index (κ1) is 26.4. The van der Waals surface area contributed by atoms with Gasteiger partial charge in [0.15, 0.2) is 0 Å². The zero-order valence-corrected chi connectivity index (χ0v) is 22.5. The summed E-state index contributed by atoms with van der Waals surface area (Å²) in [5.74, 6) is 0.456. The lowest BCUT2D eigenvalue weighted by atomic mass is 9.89. The van der Waals surface area contributed by atoms with Crippen molar-refractivity contribution in [1.82, 2.24) is 4.98 Å². The molecule has 192 valence electrons. The normalized spacial score (nSPS) is 13.2. The number of pyridine rings is 1. The van der Waals surface area contributed by atoms with Gasteiger partial charge in [-0.1, -0.05) is 38.4 Å². The molecule has 1 aromatic heterocycles. The van der Waals surface area contributed by atoms with Crippen molar-refractivity contribution < 1.29 is 14.3 Å². The third kappa shape index (κ3) is 6.35. The predicted octanol–water partition coefficient (Wildman–Crippen LogP) is 6.53. The van der Waals surface area contributed by atoms with Crippen molar-refractivity contribution >= 4 is 57.0 Å². The molecule has 0 unspecified atom stereocenters. The molecule has 1 aliphatic rings. The Morgan fingerprint density at radius 2 is 1.84 bits per heavy atom. The second-order valence-corrected chi connectivity index (χ2v) is 10.6. The fourth-order valence-electron chi connectivity index (χ4n) is 4.23. The van der Waals surface area contributed by atoms with Crippen molar-refractivity contribution in [3.63, 3.8) is 0 Å². The van der Waals surface area contributed by atoms with Gasteiger partial charge in [0.2, 0.25) is 5.91 Å². The lowest BCUT2D eigenvalue weighted by molar-refractivity contribution is -0.118. The number of rotatable bonds is 8. The number of Topliss-reactive ketones (excluding diaryl/α,β-unsaturated/α-hetero) is 1. The highest BCUT2D eigenvalue weighted by Gasteiger charge is 2.22. The Kier molecular flexibility index (Phi) is 7.64. The second-order valence-electron chi connectivity index (χ2n) is 10.2. The smallest absolute Gasteiger partial charge is 0.221 e. The zero-order chi connectivity index (χ0) is 26.7. The molecule has 0 saturated heterocycles. The van der Waals surface area contributed by atoms with Gasteiger partial charge in [0, 0.05) is 54.2 Å². The number of allylic oxidation sites excluding steroid dienone is 1. The molecule has 0 aliphatic carbocycles. The maximum atomic E-state index is 12.7. The molecule has 0 fully saturated rings. The van der Waals surface area contributed by atoms with E-state index in [1.807, 2.05) is 30.3 Å². The van der Waals surface area contributed by atoms with E-state index in [-0.39, 0.29) is 17.1 Å². The molecule has 0 spiro atoms. The summed E-state index contributed by atoms with van der Waals surface area (Å²) in [6, 6.07) is 11.0. The topological polar surface area (TPSA) is 92.7 Å². The summed E-state index contributed by atoms with van der Waals surface area (Å²) in [5.41, 5.74) is 5.66. The zero-order valence-electron chi connectivity index (χ0n) is 21.7. The number of ether oxygens (including phenoxy) is 1. The SMILES string of the molecule is COc1cc2nccc(Nc3ccc(CC(=O)CC4=CC(C(C)(C)C)=NC4)cc3Cl)c2cc1NC(C)=O. The number of nitrogens with one attached hydrogen (secondary N) is 2. The van der Waals surface area contributed by atoms with E-state index >= 15 is 0 Å². The first-order valence-corrected chi connectivity index (χ1v) is 12.5. The molecule has 37 heavy (non-hydrogen) atoms. The molecule has 4 rings (SSSR count). The van der Waals surface area contributed by atoms with E-state index in [1.54, 1.807) is 19.4 Å². The number of aliphatic imine (C=N–C) groups is 1. The van der Waals surface area contributed by atoms with Crippen molar-refractivity contribution in [2.24, 2.45) is 10.4 Å². The Hall–Kier alpha value is -3.71. The van der Waals surface area contributed by atoms with Gasteiger partial charge in [-0.15, -0.1) is 0 Å². The van der Waals surface area contributed by atoms with E-state index in [0.717, 1.165) is 27.9 Å². The summed E-state index contributed by atoms with van der Waals surface area (Å²) in [5, 5.41) is 7.45. The van der Waals surface area contributed by atoms with E-state index in [9.17, 15) is 9.59 Å². The standard InChI is InChI=1S/C29H31ClN4O3/c1-17(35)33-26-14-21-23(8-9-31-25(21)15-27(26)37-5)34-24-7-6-18(12-22(24)30)10-20(36)11-19-13-28(32-16-19)29(2,3)4/h6-9,12-15H,10-11,16H2,1-5H3,(H,31,34)(H,33,35). The van der Waals surface area contributed by atoms with Gasteiger partial charge in [0.05, 0.1) is 35.6 Å². The van der Waals surface area contributed by atoms with Crippen LogP contribution < -0.4 is 15.4 Å². The minimum absolute atomic E-state index is 0.0150. The molecule has 0 radical (unpaired) electrons. The first-order valence-electron chi connectivity index (χ1n) is 12.1. The van der Waals surface area contributed by atoms with Gasteiger partial charge in [-0.05, 0) is 41.5 Å². The number of hydrogen-bond acceptors (Lipinski definition) is 6. The number of carbonyl (C=O) groups excluding carboxylic acids is 2. The largest absolute Gasteiger partial charge is 0.494 e. The maximum absolute atomic E-state index is 12.7. The molecular formula is C29H31ClN4O3. The lowest BCUT2D eigenvalue weighted by Crippen LogP contribution is -2.16. The maximum Gasteiger partial charge on any atom is 0.221 e. The average Bonchev–Trinajstić information content (AvgIpc) is 3.29. The van der Waals surface area contributed by atoms with Crippen LogP contribution in [0.1, 0.15) is 39.7 Å². The van der Waals surface area contributed by atoms with Gasteiger partial charge >= 0.3 is 0 Å². The third-order valence-corrected chi connectivity index (χ3v) is 6.38. The van der Waals surface area contributed by atoms with Gasteiger partial charge in [-0.25, -0.2) is 0 Å². The highest BCUT2D eigenvalue weighted by Crippen LogP contribution is 2.35. The van der Waals surface area contributed by atoms with Gasteiger partial charge in [0.25, 0.3) is 0 Å². The van der Waals surface area contributed by atoms with Crippen molar-refractivity contribution in [1.29, 1.82) is 0 Å². The molecule has 1 aliphatic heterocycles. The van der Waals surface area contributed by atoms with Crippen molar-refractivity contribution in [2.75, 3.05) is 24.3 Å². The van der Waals surface area contributed by atoms with Crippen molar-refractivity contribution in [3.8, 4) is 5.75 Å². The summed E-state index contributed by atoms with van der Waals surface area (Å²) in [6.45, 7) is 8.41. The molecule has 2 heterocycles. The first-order chi connectivity index (χ1) is 17.5. The number of amides is 1. The molecule has 0 saturated carbocycles. The number of methoxy groups -OCH3 is 1. The molecular weight excluding hydrogens is 488 g/mol. The summed E-state index contributed by atoms with van der Waals surface area (Å²) in [7, 11) is 1.54. The molecule has 0 bridgehead atoms. The quantitative estimate of drug-likeness (QED) is 0.354. The highest BCUT2D eigenvalue weighted by molar-refractivity contribution is 6.33. The van der Waals surface area contributed by atoms with E-state index in [2.05, 4.69) is 47.5 Å².